The molecule has 88 valence electrons. The van der Waals surface area contributed by atoms with Gasteiger partial charge in [0.25, 0.3) is 0 Å². The molecule has 0 spiro atoms. The molecule has 0 aliphatic carbocycles. The smallest absolute Gasteiger partial charge is 0.0930 e. The highest BCUT2D eigenvalue weighted by Crippen LogP contribution is 2.21. The fourth-order valence-electron chi connectivity index (χ4n) is 1.82. The molecule has 0 fully saturated rings. The second-order valence-corrected chi connectivity index (χ2v) is 4.40. The van der Waals surface area contributed by atoms with Gasteiger partial charge < -0.3 is 0 Å². The molecule has 0 unspecified atom stereocenters. The van der Waals surface area contributed by atoms with E-state index >= 15 is 0 Å². The van der Waals surface area contributed by atoms with Gasteiger partial charge in [0, 0.05) is 17.5 Å². The van der Waals surface area contributed by atoms with E-state index in [-0.39, 0.29) is 0 Å². The van der Waals surface area contributed by atoms with Crippen molar-refractivity contribution < 1.29 is 0 Å². The maximum atomic E-state index is 4.57. The van der Waals surface area contributed by atoms with Crippen molar-refractivity contribution in [2.75, 3.05) is 0 Å². The molecule has 0 N–H and O–H groups in total. The standard InChI is InChI=1S/C15H18N2/c1-5-8-17-13(4)10-15(16-17)14-7-6-11(2)12(3)9-14/h5-10H,1-4H3/b8-5-. The molecular formula is C15H18N2. The van der Waals surface area contributed by atoms with E-state index in [2.05, 4.69) is 50.1 Å². The largest absolute Gasteiger partial charge is 0.245 e. The summed E-state index contributed by atoms with van der Waals surface area (Å²) in [6.07, 6.45) is 3.96. The SMILES string of the molecule is C/C=C\n1nc(-c2ccc(C)c(C)c2)cc1C. The van der Waals surface area contributed by atoms with Gasteiger partial charge in [-0.2, -0.15) is 5.10 Å². The van der Waals surface area contributed by atoms with E-state index in [4.69, 9.17) is 0 Å². The molecule has 0 saturated carbocycles. The van der Waals surface area contributed by atoms with Crippen molar-refractivity contribution in [1.82, 2.24) is 9.78 Å². The average Bonchev–Trinajstić information content (AvgIpc) is 2.65. The zero-order valence-electron chi connectivity index (χ0n) is 10.9. The first-order chi connectivity index (χ1) is 8.11. The van der Waals surface area contributed by atoms with E-state index in [0.29, 0.717) is 0 Å². The predicted molar refractivity (Wildman–Crippen MR) is 72.9 cm³/mol. The number of allylic oxidation sites excluding steroid dienone is 1. The van der Waals surface area contributed by atoms with E-state index in [1.807, 2.05) is 23.9 Å². The van der Waals surface area contributed by atoms with E-state index in [9.17, 15) is 0 Å². The molecule has 0 bridgehead atoms. The van der Waals surface area contributed by atoms with Crippen LogP contribution in [0.3, 0.4) is 0 Å². The summed E-state index contributed by atoms with van der Waals surface area (Å²) < 4.78 is 1.91. The highest BCUT2D eigenvalue weighted by Gasteiger charge is 2.05. The summed E-state index contributed by atoms with van der Waals surface area (Å²) in [5.41, 5.74) is 5.98. The first-order valence-electron chi connectivity index (χ1n) is 5.88. The van der Waals surface area contributed by atoms with E-state index in [0.717, 1.165) is 11.4 Å². The Balaban J connectivity index is 2.46. The summed E-state index contributed by atoms with van der Waals surface area (Å²) in [5.74, 6) is 0. The molecule has 0 radical (unpaired) electrons. The monoisotopic (exact) mass is 226 g/mol. The van der Waals surface area contributed by atoms with Crippen molar-refractivity contribution in [3.63, 3.8) is 0 Å². The van der Waals surface area contributed by atoms with Gasteiger partial charge in [-0.3, -0.25) is 0 Å². The summed E-state index contributed by atoms with van der Waals surface area (Å²) in [6.45, 7) is 8.33. The third kappa shape index (κ3) is 2.31. The second kappa shape index (κ2) is 4.58. The van der Waals surface area contributed by atoms with Crippen molar-refractivity contribution in [1.29, 1.82) is 0 Å². The summed E-state index contributed by atoms with van der Waals surface area (Å²) >= 11 is 0. The van der Waals surface area contributed by atoms with Crippen LogP contribution in [0.15, 0.2) is 30.3 Å². The molecule has 0 atom stereocenters. The Morgan fingerprint density at radius 2 is 1.82 bits per heavy atom. The number of aryl methyl sites for hydroxylation is 3. The number of aromatic nitrogens is 2. The van der Waals surface area contributed by atoms with Gasteiger partial charge in [0.2, 0.25) is 0 Å². The average molecular weight is 226 g/mol. The van der Waals surface area contributed by atoms with Crippen LogP contribution in [0, 0.1) is 20.8 Å². The van der Waals surface area contributed by atoms with Crippen LogP contribution in [0.5, 0.6) is 0 Å². The molecule has 2 heteroatoms. The maximum absolute atomic E-state index is 4.57. The first-order valence-corrected chi connectivity index (χ1v) is 5.88. The highest BCUT2D eigenvalue weighted by molar-refractivity contribution is 5.61. The van der Waals surface area contributed by atoms with Crippen molar-refractivity contribution in [2.24, 2.45) is 0 Å². The molecule has 0 amide bonds. The Morgan fingerprint density at radius 3 is 2.47 bits per heavy atom. The number of hydrogen-bond donors (Lipinski definition) is 0. The quantitative estimate of drug-likeness (QED) is 0.757. The van der Waals surface area contributed by atoms with Gasteiger partial charge >= 0.3 is 0 Å². The van der Waals surface area contributed by atoms with E-state index < -0.39 is 0 Å². The van der Waals surface area contributed by atoms with Crippen LogP contribution in [-0.4, -0.2) is 9.78 Å². The van der Waals surface area contributed by atoms with Crippen molar-refractivity contribution in [3.8, 4) is 11.3 Å². The number of benzene rings is 1. The first kappa shape index (κ1) is 11.6. The molecule has 0 aliphatic heterocycles. The Morgan fingerprint density at radius 1 is 1.06 bits per heavy atom. The molecule has 1 aromatic heterocycles. The van der Waals surface area contributed by atoms with E-state index in [1.165, 1.54) is 16.7 Å². The minimum absolute atomic E-state index is 1.03. The molecule has 17 heavy (non-hydrogen) atoms. The van der Waals surface area contributed by atoms with Crippen LogP contribution in [0.4, 0.5) is 0 Å². The van der Waals surface area contributed by atoms with Crippen LogP contribution in [0.1, 0.15) is 23.7 Å². The highest BCUT2D eigenvalue weighted by atomic mass is 15.3. The fourth-order valence-corrected chi connectivity index (χ4v) is 1.82. The lowest BCUT2D eigenvalue weighted by Crippen LogP contribution is -1.91. The van der Waals surface area contributed by atoms with Gasteiger partial charge in [-0.25, -0.2) is 4.68 Å². The third-order valence-electron chi connectivity index (χ3n) is 3.02. The van der Waals surface area contributed by atoms with E-state index in [1.54, 1.807) is 0 Å². The van der Waals surface area contributed by atoms with Crippen LogP contribution in [-0.2, 0) is 0 Å². The van der Waals surface area contributed by atoms with Crippen molar-refractivity contribution in [3.05, 3.63) is 47.2 Å². The lowest BCUT2D eigenvalue weighted by molar-refractivity contribution is 0.899. The lowest BCUT2D eigenvalue weighted by atomic mass is 10.0. The molecule has 2 aromatic rings. The van der Waals surface area contributed by atoms with Crippen LogP contribution >= 0.6 is 0 Å². The minimum Gasteiger partial charge on any atom is -0.245 e. The topological polar surface area (TPSA) is 17.8 Å². The van der Waals surface area contributed by atoms with Crippen LogP contribution in [0.2, 0.25) is 0 Å². The normalized spacial score (nSPS) is 11.3. The second-order valence-electron chi connectivity index (χ2n) is 4.40. The maximum Gasteiger partial charge on any atom is 0.0930 e. The zero-order valence-corrected chi connectivity index (χ0v) is 10.9. The lowest BCUT2D eigenvalue weighted by Gasteiger charge is -2.02. The summed E-state index contributed by atoms with van der Waals surface area (Å²) in [6, 6.07) is 8.58. The summed E-state index contributed by atoms with van der Waals surface area (Å²) in [7, 11) is 0. The summed E-state index contributed by atoms with van der Waals surface area (Å²) in [5, 5.41) is 4.57. The Labute approximate surface area is 103 Å². The number of nitrogens with zero attached hydrogens (tertiary/aromatic N) is 2. The predicted octanol–water partition coefficient (Wildman–Crippen LogP) is 3.97. The third-order valence-corrected chi connectivity index (χ3v) is 3.02. The van der Waals surface area contributed by atoms with Gasteiger partial charge in [0.1, 0.15) is 0 Å². The fraction of sp³-hybridized carbons (Fsp3) is 0.267. The Bertz CT molecular complexity index is 562. The van der Waals surface area contributed by atoms with Gasteiger partial charge in [0.05, 0.1) is 5.69 Å². The summed E-state index contributed by atoms with van der Waals surface area (Å²) in [4.78, 5) is 0. The number of rotatable bonds is 2. The van der Waals surface area contributed by atoms with Gasteiger partial charge in [-0.05, 0) is 51.0 Å². The van der Waals surface area contributed by atoms with Crippen molar-refractivity contribution in [2.45, 2.75) is 27.7 Å². The zero-order chi connectivity index (χ0) is 12.4. The molecule has 0 saturated heterocycles. The molecule has 2 nitrogen and oxygen atoms in total. The van der Waals surface area contributed by atoms with Gasteiger partial charge in [-0.1, -0.05) is 18.2 Å². The molecule has 2 rings (SSSR count). The van der Waals surface area contributed by atoms with Gasteiger partial charge in [0.15, 0.2) is 0 Å². The molecule has 0 aliphatic rings. The Hall–Kier alpha value is -1.83. The molecule has 1 aromatic carbocycles. The van der Waals surface area contributed by atoms with Crippen LogP contribution in [0.25, 0.3) is 17.5 Å². The van der Waals surface area contributed by atoms with Crippen molar-refractivity contribution >= 4 is 6.20 Å². The Kier molecular flexibility index (Phi) is 3.14. The van der Waals surface area contributed by atoms with Crippen LogP contribution < -0.4 is 0 Å². The molecule has 1 heterocycles. The van der Waals surface area contributed by atoms with Gasteiger partial charge in [-0.15, -0.1) is 0 Å². The number of hydrogen-bond acceptors (Lipinski definition) is 1. The molecular weight excluding hydrogens is 208 g/mol. The minimum atomic E-state index is 1.03.